The second-order valence-corrected chi connectivity index (χ2v) is 6.81. The predicted octanol–water partition coefficient (Wildman–Crippen LogP) is 5.30. The van der Waals surface area contributed by atoms with Crippen LogP contribution in [-0.2, 0) is 7.05 Å². The minimum Gasteiger partial charge on any atom is -0.372 e. The molecule has 0 spiro atoms. The average Bonchev–Trinajstić information content (AvgIpc) is 2.90. The summed E-state index contributed by atoms with van der Waals surface area (Å²) in [5, 5.41) is 9.76. The molecular weight excluding hydrogens is 316 g/mol. The Balaban J connectivity index is 1.84. The average molecular weight is 339 g/mol. The van der Waals surface area contributed by atoms with Gasteiger partial charge in [0, 0.05) is 18.8 Å². The van der Waals surface area contributed by atoms with Crippen molar-refractivity contribution in [2.45, 2.75) is 20.8 Å². The van der Waals surface area contributed by atoms with E-state index in [1.807, 2.05) is 19.2 Å². The zero-order valence-electron chi connectivity index (χ0n) is 14.7. The molecule has 0 radical (unpaired) electrons. The summed E-state index contributed by atoms with van der Waals surface area (Å²) in [5.74, 6) is 0. The number of nitrogens with zero attached hydrogens (tertiary/aromatic N) is 4. The third-order valence-corrected chi connectivity index (χ3v) is 5.28. The van der Waals surface area contributed by atoms with Crippen LogP contribution in [0.5, 0.6) is 0 Å². The van der Waals surface area contributed by atoms with E-state index in [4.69, 9.17) is 0 Å². The molecule has 124 valence electrons. The summed E-state index contributed by atoms with van der Waals surface area (Å²) in [6.07, 6.45) is 0. The van der Waals surface area contributed by atoms with Crippen LogP contribution in [0.2, 0.25) is 0 Å². The lowest BCUT2D eigenvalue weighted by atomic mass is 10.2. The van der Waals surface area contributed by atoms with E-state index >= 15 is 0 Å². The number of rotatable bonds is 5. The Morgan fingerprint density at radius 2 is 1.71 bits per heavy atom. The van der Waals surface area contributed by atoms with Crippen LogP contribution >= 0.6 is 11.3 Å². The van der Waals surface area contributed by atoms with E-state index in [1.165, 1.54) is 21.5 Å². The van der Waals surface area contributed by atoms with Gasteiger partial charge in [-0.05, 0) is 79.2 Å². The van der Waals surface area contributed by atoms with Crippen molar-refractivity contribution in [2.24, 2.45) is 17.3 Å². The summed E-state index contributed by atoms with van der Waals surface area (Å²) in [4.78, 5) is 2.31. The van der Waals surface area contributed by atoms with Crippen LogP contribution in [0.3, 0.4) is 0 Å². The van der Waals surface area contributed by atoms with Crippen molar-refractivity contribution >= 4 is 38.1 Å². The number of azo groups is 1. The Kier molecular flexibility index (Phi) is 4.90. The highest BCUT2D eigenvalue weighted by atomic mass is 32.1. The van der Waals surface area contributed by atoms with Gasteiger partial charge in [-0.1, -0.05) is 6.07 Å². The molecule has 0 aliphatic carbocycles. The van der Waals surface area contributed by atoms with Gasteiger partial charge in [0.1, 0.15) is 11.2 Å². The second-order valence-electron chi connectivity index (χ2n) is 5.80. The Morgan fingerprint density at radius 1 is 1.00 bits per heavy atom. The molecule has 0 unspecified atom stereocenters. The van der Waals surface area contributed by atoms with Gasteiger partial charge in [-0.15, -0.1) is 0 Å². The molecule has 3 rings (SSSR count). The number of aromatic nitrogens is 1. The number of thiazole rings is 1. The first kappa shape index (κ1) is 16.6. The van der Waals surface area contributed by atoms with Gasteiger partial charge in [0.15, 0.2) is 0 Å². The van der Waals surface area contributed by atoms with Crippen LogP contribution in [0.25, 0.3) is 10.2 Å². The Hall–Kier alpha value is -2.27. The van der Waals surface area contributed by atoms with Crippen molar-refractivity contribution in [3.63, 3.8) is 0 Å². The fourth-order valence-corrected chi connectivity index (χ4v) is 3.82. The fourth-order valence-electron chi connectivity index (χ4n) is 2.76. The standard InChI is InChI=1S/C19H23N4S/c1-5-23(6-2)16-10-8-15(9-11-16)20-21-19-22(4)17-12-7-14(3)13-18(17)24-19/h7-13H,5-6H2,1-4H3/q+1. The molecule has 1 heterocycles. The van der Waals surface area contributed by atoms with Crippen molar-refractivity contribution in [3.05, 3.63) is 48.0 Å². The highest BCUT2D eigenvalue weighted by Crippen LogP contribution is 2.28. The molecule has 0 saturated heterocycles. The van der Waals surface area contributed by atoms with E-state index in [0.29, 0.717) is 0 Å². The van der Waals surface area contributed by atoms with Gasteiger partial charge in [-0.2, -0.15) is 0 Å². The predicted molar refractivity (Wildman–Crippen MR) is 102 cm³/mol. The monoisotopic (exact) mass is 339 g/mol. The molecule has 1 aromatic heterocycles. The van der Waals surface area contributed by atoms with Crippen LogP contribution in [0, 0.1) is 6.92 Å². The van der Waals surface area contributed by atoms with Crippen molar-refractivity contribution in [2.75, 3.05) is 18.0 Å². The SMILES string of the molecule is CCN(CC)c1ccc(N=Nc2sc3cc(C)ccc3[n+]2C)cc1. The van der Waals surface area contributed by atoms with E-state index in [9.17, 15) is 0 Å². The van der Waals surface area contributed by atoms with Crippen molar-refractivity contribution < 1.29 is 4.57 Å². The molecule has 0 atom stereocenters. The molecule has 0 saturated carbocycles. The van der Waals surface area contributed by atoms with Gasteiger partial charge < -0.3 is 4.90 Å². The first-order chi connectivity index (χ1) is 11.6. The molecule has 2 aromatic carbocycles. The van der Waals surface area contributed by atoms with Crippen LogP contribution in [0.15, 0.2) is 52.7 Å². The van der Waals surface area contributed by atoms with Crippen molar-refractivity contribution in [1.82, 2.24) is 0 Å². The highest BCUT2D eigenvalue weighted by molar-refractivity contribution is 7.21. The lowest BCUT2D eigenvalue weighted by Crippen LogP contribution is -2.25. The van der Waals surface area contributed by atoms with Gasteiger partial charge in [-0.3, -0.25) is 0 Å². The smallest absolute Gasteiger partial charge is 0.372 e. The number of fused-ring (bicyclic) bond motifs is 1. The van der Waals surface area contributed by atoms with E-state index in [2.05, 4.69) is 70.8 Å². The third-order valence-electron chi connectivity index (χ3n) is 4.19. The maximum absolute atomic E-state index is 4.45. The Labute approximate surface area is 147 Å². The summed E-state index contributed by atoms with van der Waals surface area (Å²) < 4.78 is 3.33. The lowest BCUT2D eigenvalue weighted by Gasteiger charge is -2.20. The lowest BCUT2D eigenvalue weighted by molar-refractivity contribution is -0.627. The quantitative estimate of drug-likeness (QED) is 0.459. The minimum atomic E-state index is 0.875. The summed E-state index contributed by atoms with van der Waals surface area (Å²) in [7, 11) is 2.03. The number of hydrogen-bond acceptors (Lipinski definition) is 4. The molecule has 0 fully saturated rings. The highest BCUT2D eigenvalue weighted by Gasteiger charge is 2.15. The third kappa shape index (κ3) is 3.31. The molecule has 0 bridgehead atoms. The molecule has 0 amide bonds. The van der Waals surface area contributed by atoms with E-state index in [-0.39, 0.29) is 0 Å². The van der Waals surface area contributed by atoms with Crippen LogP contribution < -0.4 is 9.47 Å². The summed E-state index contributed by atoms with van der Waals surface area (Å²) in [5.41, 5.74) is 4.55. The summed E-state index contributed by atoms with van der Waals surface area (Å²) in [6, 6.07) is 14.7. The molecule has 0 N–H and O–H groups in total. The van der Waals surface area contributed by atoms with Gasteiger partial charge in [0.25, 0.3) is 0 Å². The van der Waals surface area contributed by atoms with Crippen LogP contribution in [-0.4, -0.2) is 13.1 Å². The van der Waals surface area contributed by atoms with Crippen molar-refractivity contribution in [1.29, 1.82) is 0 Å². The van der Waals surface area contributed by atoms with Crippen LogP contribution in [0.4, 0.5) is 16.5 Å². The fraction of sp³-hybridized carbons (Fsp3) is 0.316. The minimum absolute atomic E-state index is 0.875. The molecule has 0 aliphatic rings. The molecular formula is C19H23N4S+. The van der Waals surface area contributed by atoms with Gasteiger partial charge in [0.2, 0.25) is 0 Å². The molecule has 4 nitrogen and oxygen atoms in total. The van der Waals surface area contributed by atoms with Gasteiger partial charge in [0.05, 0.1) is 16.9 Å². The second kappa shape index (κ2) is 7.09. The number of benzene rings is 2. The molecule has 0 aliphatic heterocycles. The number of aryl methyl sites for hydroxylation is 2. The largest absolute Gasteiger partial charge is 0.409 e. The van der Waals surface area contributed by atoms with Gasteiger partial charge in [-0.25, -0.2) is 4.57 Å². The maximum atomic E-state index is 4.45. The molecule has 5 heteroatoms. The summed E-state index contributed by atoms with van der Waals surface area (Å²) >= 11 is 1.67. The van der Waals surface area contributed by atoms with Crippen LogP contribution in [0.1, 0.15) is 19.4 Å². The zero-order chi connectivity index (χ0) is 17.1. The van der Waals surface area contributed by atoms with E-state index in [0.717, 1.165) is 23.9 Å². The number of hydrogen-bond donors (Lipinski definition) is 0. The summed E-state index contributed by atoms with van der Waals surface area (Å²) in [6.45, 7) is 8.46. The van der Waals surface area contributed by atoms with Crippen molar-refractivity contribution in [3.8, 4) is 0 Å². The normalized spacial score (nSPS) is 11.5. The Morgan fingerprint density at radius 3 is 2.38 bits per heavy atom. The topological polar surface area (TPSA) is 31.8 Å². The first-order valence-corrected chi connectivity index (χ1v) is 9.10. The molecule has 24 heavy (non-hydrogen) atoms. The first-order valence-electron chi connectivity index (χ1n) is 8.28. The zero-order valence-corrected chi connectivity index (χ0v) is 15.5. The number of anilines is 1. The van der Waals surface area contributed by atoms with E-state index in [1.54, 1.807) is 11.3 Å². The van der Waals surface area contributed by atoms with Gasteiger partial charge >= 0.3 is 5.13 Å². The molecule has 3 aromatic rings. The van der Waals surface area contributed by atoms with E-state index < -0.39 is 0 Å². The Bertz CT molecular complexity index is 861. The maximum Gasteiger partial charge on any atom is 0.409 e.